The fourth-order valence-electron chi connectivity index (χ4n) is 5.11. The Labute approximate surface area is 166 Å². The molecule has 1 aromatic rings. The van der Waals surface area contributed by atoms with Gasteiger partial charge in [0.2, 0.25) is 17.1 Å². The second kappa shape index (κ2) is 6.27. The van der Waals surface area contributed by atoms with Crippen LogP contribution in [0.1, 0.15) is 43.8 Å². The van der Waals surface area contributed by atoms with Gasteiger partial charge in [-0.05, 0) is 30.5 Å². The van der Waals surface area contributed by atoms with Crippen LogP contribution in [0, 0.1) is 66.3 Å². The van der Waals surface area contributed by atoms with Gasteiger partial charge in [-0.3, -0.25) is 15.5 Å². The van der Waals surface area contributed by atoms with Crippen LogP contribution in [0.15, 0.2) is 24.3 Å². The molecule has 3 aliphatic rings. The van der Waals surface area contributed by atoms with Crippen LogP contribution in [0.25, 0.3) is 0 Å². The summed E-state index contributed by atoms with van der Waals surface area (Å²) in [4.78, 5) is 10.4. The number of non-ortho nitro benzene ring substituents is 1. The van der Waals surface area contributed by atoms with Gasteiger partial charge < -0.3 is 9.47 Å². The van der Waals surface area contributed by atoms with Crippen LogP contribution in [0.4, 0.5) is 5.69 Å². The Bertz CT molecular complexity index is 1000. The maximum atomic E-state index is 11.0. The molecule has 4 rings (SSSR count). The average Bonchev–Trinajstić information content (AvgIpc) is 2.86. The molecule has 2 saturated heterocycles. The molecule has 0 aromatic heterocycles. The van der Waals surface area contributed by atoms with Gasteiger partial charge in [-0.25, -0.2) is 0 Å². The van der Waals surface area contributed by atoms with E-state index < -0.39 is 39.5 Å². The minimum Gasteiger partial charge on any atom is -0.447 e. The summed E-state index contributed by atoms with van der Waals surface area (Å²) in [6, 6.07) is 11.5. The molecule has 29 heavy (non-hydrogen) atoms. The van der Waals surface area contributed by atoms with Gasteiger partial charge in [0.1, 0.15) is 6.10 Å². The molecule has 146 valence electrons. The molecule has 3 fully saturated rings. The third kappa shape index (κ3) is 2.18. The first-order valence-corrected chi connectivity index (χ1v) is 9.35. The van der Waals surface area contributed by atoms with Crippen molar-refractivity contribution in [1.82, 2.24) is 0 Å². The van der Waals surface area contributed by atoms with E-state index in [9.17, 15) is 25.9 Å². The van der Waals surface area contributed by atoms with Crippen LogP contribution in [0.5, 0.6) is 0 Å². The maximum absolute atomic E-state index is 11.0. The molecule has 0 radical (unpaired) electrons. The smallest absolute Gasteiger partial charge is 0.269 e. The fraction of sp³-hybridized carbons (Fsp3) is 0.500. The summed E-state index contributed by atoms with van der Waals surface area (Å²) >= 11 is 0. The SMILES string of the molecule is N#CC1(C#N)C(c2ccc([N+](=O)[O-])cc2)OC23CCCCCC2C1(C#N)C(=N)O3. The molecular formula is C20H17N5O4. The Kier molecular flexibility index (Phi) is 4.08. The first-order chi connectivity index (χ1) is 13.9. The molecule has 0 amide bonds. The molecule has 2 bridgehead atoms. The van der Waals surface area contributed by atoms with Crippen molar-refractivity contribution in [1.29, 1.82) is 21.2 Å². The lowest BCUT2D eigenvalue weighted by atomic mass is 9.52. The van der Waals surface area contributed by atoms with Crippen molar-refractivity contribution in [2.75, 3.05) is 0 Å². The molecule has 9 nitrogen and oxygen atoms in total. The summed E-state index contributed by atoms with van der Waals surface area (Å²) < 4.78 is 12.2. The fourth-order valence-corrected chi connectivity index (χ4v) is 5.11. The van der Waals surface area contributed by atoms with Crippen LogP contribution < -0.4 is 0 Å². The van der Waals surface area contributed by atoms with Crippen LogP contribution >= 0.6 is 0 Å². The normalized spacial score (nSPS) is 34.4. The zero-order chi connectivity index (χ0) is 20.9. The van der Waals surface area contributed by atoms with Gasteiger partial charge in [-0.2, -0.15) is 15.8 Å². The van der Waals surface area contributed by atoms with E-state index in [1.54, 1.807) is 0 Å². The third-order valence-electron chi connectivity index (χ3n) is 6.47. The summed E-state index contributed by atoms with van der Waals surface area (Å²) in [5, 5.41) is 50.0. The highest BCUT2D eigenvalue weighted by molar-refractivity contribution is 5.89. The molecule has 1 aliphatic carbocycles. The Balaban J connectivity index is 1.95. The highest BCUT2D eigenvalue weighted by Gasteiger charge is 2.80. The topological polar surface area (TPSA) is 157 Å². The lowest BCUT2D eigenvalue weighted by Gasteiger charge is -2.49. The third-order valence-corrected chi connectivity index (χ3v) is 6.47. The van der Waals surface area contributed by atoms with Crippen molar-refractivity contribution >= 4 is 11.6 Å². The van der Waals surface area contributed by atoms with Gasteiger partial charge in [-0.15, -0.1) is 0 Å². The Morgan fingerprint density at radius 2 is 1.79 bits per heavy atom. The Hall–Kier alpha value is -3.48. The van der Waals surface area contributed by atoms with E-state index >= 15 is 0 Å². The largest absolute Gasteiger partial charge is 0.447 e. The first kappa shape index (κ1) is 18.9. The van der Waals surface area contributed by atoms with Crippen molar-refractivity contribution in [2.24, 2.45) is 16.7 Å². The van der Waals surface area contributed by atoms with Gasteiger partial charge in [0.15, 0.2) is 5.41 Å². The minimum atomic E-state index is -2.02. The molecule has 2 heterocycles. The van der Waals surface area contributed by atoms with E-state index in [1.165, 1.54) is 24.3 Å². The summed E-state index contributed by atoms with van der Waals surface area (Å²) in [6.07, 6.45) is 2.22. The number of rotatable bonds is 2. The molecule has 4 unspecified atom stereocenters. The second-order valence-electron chi connectivity index (χ2n) is 7.69. The number of benzene rings is 1. The molecular weight excluding hydrogens is 374 g/mol. The Morgan fingerprint density at radius 1 is 1.10 bits per heavy atom. The number of nitrogens with one attached hydrogen (secondary N) is 1. The van der Waals surface area contributed by atoms with Gasteiger partial charge >= 0.3 is 0 Å². The molecule has 1 aromatic carbocycles. The van der Waals surface area contributed by atoms with E-state index in [2.05, 4.69) is 6.07 Å². The number of nitrogens with zero attached hydrogens (tertiary/aromatic N) is 4. The lowest BCUT2D eigenvalue weighted by molar-refractivity contribution is -0.384. The number of hydrogen-bond acceptors (Lipinski definition) is 8. The van der Waals surface area contributed by atoms with Gasteiger partial charge in [-0.1, -0.05) is 12.8 Å². The van der Waals surface area contributed by atoms with E-state index in [-0.39, 0.29) is 5.69 Å². The maximum Gasteiger partial charge on any atom is 0.269 e. The highest BCUT2D eigenvalue weighted by Crippen LogP contribution is 2.68. The predicted octanol–water partition coefficient (Wildman–Crippen LogP) is 3.49. The summed E-state index contributed by atoms with van der Waals surface area (Å²) in [5.74, 6) is -2.27. The number of nitro benzene ring substituents is 1. The minimum absolute atomic E-state index is 0.142. The van der Waals surface area contributed by atoms with Crippen molar-refractivity contribution in [3.63, 3.8) is 0 Å². The molecule has 1 N–H and O–H groups in total. The van der Waals surface area contributed by atoms with Crippen molar-refractivity contribution < 1.29 is 14.4 Å². The predicted molar refractivity (Wildman–Crippen MR) is 96.7 cm³/mol. The standard InChI is InChI=1S/C20H17N5O4/c21-10-18(11-22)16(13-5-7-14(8-6-13)25(26)27)28-20-9-3-1-2-4-15(20)19(18,12-23)17(24)29-20/h5-8,15-16,24H,1-4,9H2. The highest BCUT2D eigenvalue weighted by atomic mass is 16.7. The van der Waals surface area contributed by atoms with Crippen LogP contribution in [0.2, 0.25) is 0 Å². The number of nitro groups is 1. The second-order valence-corrected chi connectivity index (χ2v) is 7.69. The van der Waals surface area contributed by atoms with Gasteiger partial charge in [0, 0.05) is 18.6 Å². The molecule has 2 aliphatic heterocycles. The summed E-state index contributed by atoms with van der Waals surface area (Å²) in [6.45, 7) is 0. The van der Waals surface area contributed by atoms with E-state index in [0.717, 1.165) is 19.3 Å². The zero-order valence-electron chi connectivity index (χ0n) is 15.4. The van der Waals surface area contributed by atoms with Gasteiger partial charge in [0.05, 0.1) is 29.0 Å². The zero-order valence-corrected chi connectivity index (χ0v) is 15.4. The van der Waals surface area contributed by atoms with E-state index in [4.69, 9.17) is 14.9 Å². The molecule has 9 heteroatoms. The van der Waals surface area contributed by atoms with E-state index in [1.807, 2.05) is 12.1 Å². The summed E-state index contributed by atoms with van der Waals surface area (Å²) in [7, 11) is 0. The van der Waals surface area contributed by atoms with Crippen LogP contribution in [-0.4, -0.2) is 16.6 Å². The number of hydrogen-bond donors (Lipinski definition) is 1. The summed E-state index contributed by atoms with van der Waals surface area (Å²) in [5.41, 5.74) is -3.58. The Morgan fingerprint density at radius 3 is 2.38 bits per heavy atom. The quantitative estimate of drug-likeness (QED) is 0.597. The monoisotopic (exact) mass is 391 g/mol. The van der Waals surface area contributed by atoms with Crippen LogP contribution in [-0.2, 0) is 9.47 Å². The van der Waals surface area contributed by atoms with E-state index in [0.29, 0.717) is 18.4 Å². The van der Waals surface area contributed by atoms with Crippen molar-refractivity contribution in [3.8, 4) is 18.2 Å². The molecule has 1 saturated carbocycles. The molecule has 4 atom stereocenters. The van der Waals surface area contributed by atoms with Crippen molar-refractivity contribution in [3.05, 3.63) is 39.9 Å². The van der Waals surface area contributed by atoms with Gasteiger partial charge in [0.25, 0.3) is 5.69 Å². The van der Waals surface area contributed by atoms with Crippen molar-refractivity contribution in [2.45, 2.75) is 44.0 Å². The lowest BCUT2D eigenvalue weighted by Crippen LogP contribution is -2.59. The van der Waals surface area contributed by atoms with Crippen LogP contribution in [0.3, 0.4) is 0 Å². The average molecular weight is 391 g/mol. The number of nitriles is 3. The number of ether oxygens (including phenoxy) is 2. The molecule has 0 spiro atoms. The first-order valence-electron chi connectivity index (χ1n) is 9.35.